The highest BCUT2D eigenvalue weighted by Gasteiger charge is 2.23. The molecule has 2 atom stereocenters. The SMILES string of the molecule is CC(=O)ONC1CCCC(SCC(=O)O)C1. The Balaban J connectivity index is 2.24. The fourth-order valence-electron chi connectivity index (χ4n) is 1.76. The molecule has 0 aromatic carbocycles. The van der Waals surface area contributed by atoms with Gasteiger partial charge in [-0.1, -0.05) is 6.42 Å². The van der Waals surface area contributed by atoms with Crippen LogP contribution in [-0.4, -0.2) is 34.1 Å². The number of carboxylic acids is 1. The van der Waals surface area contributed by atoms with E-state index >= 15 is 0 Å². The number of carbonyl (C=O) groups excluding carboxylic acids is 1. The molecule has 6 heteroatoms. The molecule has 0 bridgehead atoms. The highest BCUT2D eigenvalue weighted by Crippen LogP contribution is 2.28. The van der Waals surface area contributed by atoms with Gasteiger partial charge in [0.15, 0.2) is 0 Å². The minimum absolute atomic E-state index is 0.144. The molecule has 0 heterocycles. The summed E-state index contributed by atoms with van der Waals surface area (Å²) in [6, 6.07) is 0.156. The van der Waals surface area contributed by atoms with E-state index in [1.165, 1.54) is 18.7 Å². The number of carbonyl (C=O) groups is 2. The van der Waals surface area contributed by atoms with Crippen LogP contribution in [0.25, 0.3) is 0 Å². The summed E-state index contributed by atoms with van der Waals surface area (Å²) in [7, 11) is 0. The second-order valence-corrected chi connectivity index (χ2v) is 5.19. The van der Waals surface area contributed by atoms with Gasteiger partial charge in [0.2, 0.25) is 0 Å². The molecule has 0 amide bonds. The summed E-state index contributed by atoms with van der Waals surface area (Å²) < 4.78 is 0. The van der Waals surface area contributed by atoms with Crippen LogP contribution in [0, 0.1) is 0 Å². The monoisotopic (exact) mass is 247 g/mol. The Morgan fingerprint density at radius 1 is 1.50 bits per heavy atom. The minimum Gasteiger partial charge on any atom is -0.481 e. The van der Waals surface area contributed by atoms with E-state index in [-0.39, 0.29) is 17.8 Å². The Bertz CT molecular complexity index is 235. The van der Waals surface area contributed by atoms with Crippen molar-refractivity contribution >= 4 is 23.7 Å². The van der Waals surface area contributed by atoms with Crippen LogP contribution in [0.5, 0.6) is 0 Å². The second-order valence-electron chi connectivity index (χ2n) is 3.90. The van der Waals surface area contributed by atoms with Crippen LogP contribution in [0.3, 0.4) is 0 Å². The van der Waals surface area contributed by atoms with Gasteiger partial charge >= 0.3 is 11.9 Å². The number of hydroxylamine groups is 1. The van der Waals surface area contributed by atoms with Crippen LogP contribution >= 0.6 is 11.8 Å². The maximum Gasteiger partial charge on any atom is 0.321 e. The van der Waals surface area contributed by atoms with E-state index in [1.54, 1.807) is 0 Å². The molecule has 1 rings (SSSR count). The van der Waals surface area contributed by atoms with Crippen LogP contribution in [0.1, 0.15) is 32.6 Å². The largest absolute Gasteiger partial charge is 0.481 e. The molecule has 0 aromatic heterocycles. The van der Waals surface area contributed by atoms with Gasteiger partial charge in [0, 0.05) is 18.2 Å². The summed E-state index contributed by atoms with van der Waals surface area (Å²) in [5.74, 6) is -0.981. The lowest BCUT2D eigenvalue weighted by Crippen LogP contribution is -2.36. The molecule has 1 saturated carbocycles. The van der Waals surface area contributed by atoms with Gasteiger partial charge in [0.1, 0.15) is 0 Å². The number of thioether (sulfide) groups is 1. The third kappa shape index (κ3) is 5.37. The van der Waals surface area contributed by atoms with Crippen LogP contribution in [0.2, 0.25) is 0 Å². The molecule has 5 nitrogen and oxygen atoms in total. The normalized spacial score (nSPS) is 25.1. The van der Waals surface area contributed by atoms with E-state index in [4.69, 9.17) is 9.94 Å². The fourth-order valence-corrected chi connectivity index (χ4v) is 2.84. The summed E-state index contributed by atoms with van der Waals surface area (Å²) in [5, 5.41) is 8.93. The van der Waals surface area contributed by atoms with Crippen molar-refractivity contribution in [2.24, 2.45) is 0 Å². The zero-order valence-electron chi connectivity index (χ0n) is 9.27. The first kappa shape index (κ1) is 13.3. The van der Waals surface area contributed by atoms with Crippen LogP contribution in [-0.2, 0) is 14.4 Å². The maximum absolute atomic E-state index is 10.6. The molecule has 92 valence electrons. The Morgan fingerprint density at radius 3 is 2.88 bits per heavy atom. The lowest BCUT2D eigenvalue weighted by Gasteiger charge is -2.28. The number of hydrogen-bond donors (Lipinski definition) is 2. The molecule has 0 saturated heterocycles. The number of carboxylic acid groups (broad SMARTS) is 1. The topological polar surface area (TPSA) is 75.6 Å². The molecule has 0 spiro atoms. The summed E-state index contributed by atoms with van der Waals surface area (Å²) >= 11 is 1.46. The molecule has 0 aliphatic heterocycles. The third-order valence-electron chi connectivity index (χ3n) is 2.44. The van der Waals surface area contributed by atoms with Gasteiger partial charge in [0.25, 0.3) is 0 Å². The van der Waals surface area contributed by atoms with Crippen molar-refractivity contribution in [1.29, 1.82) is 0 Å². The van der Waals surface area contributed by atoms with E-state index in [2.05, 4.69) is 5.48 Å². The second kappa shape index (κ2) is 6.75. The van der Waals surface area contributed by atoms with Gasteiger partial charge in [-0.15, -0.1) is 11.8 Å². The standard InChI is InChI=1S/C10H17NO4S/c1-7(12)15-11-8-3-2-4-9(5-8)16-6-10(13)14/h8-9,11H,2-6H2,1H3,(H,13,14). The molecule has 0 radical (unpaired) electrons. The average Bonchev–Trinajstić information content (AvgIpc) is 2.24. The first-order valence-corrected chi connectivity index (χ1v) is 6.39. The molecule has 16 heavy (non-hydrogen) atoms. The maximum atomic E-state index is 10.6. The van der Waals surface area contributed by atoms with E-state index in [9.17, 15) is 9.59 Å². The molecule has 2 unspecified atom stereocenters. The Morgan fingerprint density at radius 2 is 2.25 bits per heavy atom. The lowest BCUT2D eigenvalue weighted by atomic mass is 9.96. The highest BCUT2D eigenvalue weighted by atomic mass is 32.2. The smallest absolute Gasteiger partial charge is 0.321 e. The molecular weight excluding hydrogens is 230 g/mol. The zero-order valence-corrected chi connectivity index (χ0v) is 10.1. The van der Waals surface area contributed by atoms with Crippen molar-refractivity contribution in [3.8, 4) is 0 Å². The van der Waals surface area contributed by atoms with Gasteiger partial charge in [-0.2, -0.15) is 5.48 Å². The predicted octanol–water partition coefficient (Wildman–Crippen LogP) is 1.18. The van der Waals surface area contributed by atoms with Crippen molar-refractivity contribution in [2.75, 3.05) is 5.75 Å². The van der Waals surface area contributed by atoms with E-state index in [0.717, 1.165) is 25.7 Å². The Hall–Kier alpha value is -0.750. The van der Waals surface area contributed by atoms with E-state index in [1.807, 2.05) is 0 Å². The van der Waals surface area contributed by atoms with Gasteiger partial charge in [-0.3, -0.25) is 9.59 Å². The number of nitrogens with one attached hydrogen (secondary N) is 1. The molecular formula is C10H17NO4S. The Labute approximate surface area is 98.9 Å². The van der Waals surface area contributed by atoms with Gasteiger partial charge in [-0.05, 0) is 19.3 Å². The number of hydrogen-bond acceptors (Lipinski definition) is 5. The molecule has 1 aliphatic carbocycles. The van der Waals surface area contributed by atoms with E-state index in [0.29, 0.717) is 5.25 Å². The van der Waals surface area contributed by atoms with Crippen LogP contribution < -0.4 is 5.48 Å². The lowest BCUT2D eigenvalue weighted by molar-refractivity contribution is -0.150. The van der Waals surface area contributed by atoms with Gasteiger partial charge in [-0.25, -0.2) is 0 Å². The van der Waals surface area contributed by atoms with Crippen LogP contribution in [0.15, 0.2) is 0 Å². The van der Waals surface area contributed by atoms with Gasteiger partial charge < -0.3 is 9.94 Å². The highest BCUT2D eigenvalue weighted by molar-refractivity contribution is 8.00. The number of rotatable bonds is 5. The first-order valence-electron chi connectivity index (χ1n) is 5.34. The van der Waals surface area contributed by atoms with Crippen molar-refractivity contribution in [2.45, 2.75) is 43.9 Å². The van der Waals surface area contributed by atoms with Gasteiger partial charge in [0.05, 0.1) is 5.75 Å². The molecule has 1 aliphatic rings. The minimum atomic E-state index is -0.778. The van der Waals surface area contributed by atoms with E-state index < -0.39 is 5.97 Å². The van der Waals surface area contributed by atoms with Crippen LogP contribution in [0.4, 0.5) is 0 Å². The van der Waals surface area contributed by atoms with Crippen molar-refractivity contribution in [3.63, 3.8) is 0 Å². The summed E-state index contributed by atoms with van der Waals surface area (Å²) in [5.41, 5.74) is 2.73. The first-order chi connectivity index (χ1) is 7.58. The average molecular weight is 247 g/mol. The quantitative estimate of drug-likeness (QED) is 0.711. The molecule has 0 aromatic rings. The van der Waals surface area contributed by atoms with Crippen molar-refractivity contribution in [1.82, 2.24) is 5.48 Å². The molecule has 1 fully saturated rings. The summed E-state index contributed by atoms with van der Waals surface area (Å²) in [4.78, 5) is 25.8. The zero-order chi connectivity index (χ0) is 12.0. The Kier molecular flexibility index (Phi) is 5.62. The van der Waals surface area contributed by atoms with Crippen molar-refractivity contribution < 1.29 is 19.5 Å². The number of aliphatic carboxylic acids is 1. The fraction of sp³-hybridized carbons (Fsp3) is 0.800. The third-order valence-corrected chi connectivity index (χ3v) is 3.75. The predicted molar refractivity (Wildman–Crippen MR) is 61.0 cm³/mol. The summed E-state index contributed by atoms with van der Waals surface area (Å²) in [6.45, 7) is 1.35. The van der Waals surface area contributed by atoms with Crippen molar-refractivity contribution in [3.05, 3.63) is 0 Å². The summed E-state index contributed by atoms with van der Waals surface area (Å²) in [6.07, 6.45) is 3.90. The molecule has 2 N–H and O–H groups in total.